The second kappa shape index (κ2) is 18.6. The molecule has 59 heavy (non-hydrogen) atoms. The number of rotatable bonds is 19. The molecule has 0 fully saturated rings. The molecule has 312 valence electrons. The Morgan fingerprint density at radius 3 is 1.51 bits per heavy atom. The number of aliphatic carboxylic acids is 1. The molecule has 0 aromatic heterocycles. The van der Waals surface area contributed by atoms with Crippen LogP contribution >= 0.6 is 0 Å². The van der Waals surface area contributed by atoms with Gasteiger partial charge in [-0.25, -0.2) is 9.59 Å². The SMILES string of the molecule is CCOC(C)(Cc1ccc(OCC2Nc3ccccc3C(=O)N2CC)cc1)C(=O)OC(Cc1ccc(OCC2Nc3ccccc3C(=O)N2CC)cc1)(OCC)C(=O)O. The molecule has 4 atom stereocenters. The number of para-hydroxylation sites is 2. The Kier molecular flexibility index (Phi) is 13.4. The number of carboxylic acids is 1. The van der Waals surface area contributed by atoms with Gasteiger partial charge in [-0.05, 0) is 94.3 Å². The van der Waals surface area contributed by atoms with Crippen LogP contribution in [0.25, 0.3) is 0 Å². The quantitative estimate of drug-likeness (QED) is 0.0726. The first-order valence-electron chi connectivity index (χ1n) is 19.9. The molecule has 4 unspecified atom stereocenters. The number of ether oxygens (including phenoxy) is 5. The molecule has 2 amide bonds. The van der Waals surface area contributed by atoms with Crippen molar-refractivity contribution in [3.05, 3.63) is 119 Å². The Morgan fingerprint density at radius 1 is 0.644 bits per heavy atom. The Bertz CT molecular complexity index is 2110. The molecule has 0 radical (unpaired) electrons. The maximum Gasteiger partial charge on any atom is 0.377 e. The molecular formula is C45H52N4O10. The number of likely N-dealkylation sites (N-methyl/N-ethyl adjacent to an activating group) is 2. The van der Waals surface area contributed by atoms with E-state index in [0.717, 1.165) is 11.4 Å². The van der Waals surface area contributed by atoms with E-state index in [9.17, 15) is 24.3 Å². The number of nitrogens with zero attached hydrogens (tertiary/aromatic N) is 2. The minimum absolute atomic E-state index is 0.0508. The second-order valence-corrected chi connectivity index (χ2v) is 14.4. The third-order valence-corrected chi connectivity index (χ3v) is 10.4. The fourth-order valence-corrected chi connectivity index (χ4v) is 7.39. The largest absolute Gasteiger partial charge is 0.489 e. The van der Waals surface area contributed by atoms with Crippen molar-refractivity contribution in [1.29, 1.82) is 0 Å². The molecule has 0 aliphatic carbocycles. The van der Waals surface area contributed by atoms with E-state index >= 15 is 0 Å². The topological polar surface area (TPSA) is 165 Å². The second-order valence-electron chi connectivity index (χ2n) is 14.4. The number of hydrogen-bond acceptors (Lipinski definition) is 11. The van der Waals surface area contributed by atoms with Crippen molar-refractivity contribution in [1.82, 2.24) is 9.80 Å². The Morgan fingerprint density at radius 2 is 1.08 bits per heavy atom. The van der Waals surface area contributed by atoms with Crippen LogP contribution in [0.4, 0.5) is 11.4 Å². The Balaban J connectivity index is 1.09. The van der Waals surface area contributed by atoms with Crippen LogP contribution in [-0.2, 0) is 36.6 Å². The number of nitrogens with one attached hydrogen (secondary N) is 2. The lowest BCUT2D eigenvalue weighted by molar-refractivity contribution is -0.249. The monoisotopic (exact) mass is 808 g/mol. The molecule has 0 spiro atoms. The molecule has 2 aliphatic rings. The number of carboxylic acid groups (broad SMARTS) is 1. The fraction of sp³-hybridized carbons (Fsp3) is 0.378. The van der Waals surface area contributed by atoms with Gasteiger partial charge in [-0.2, -0.15) is 0 Å². The molecule has 2 heterocycles. The highest BCUT2D eigenvalue weighted by Crippen LogP contribution is 2.30. The summed E-state index contributed by atoms with van der Waals surface area (Å²) >= 11 is 0. The zero-order valence-corrected chi connectivity index (χ0v) is 34.1. The fourth-order valence-electron chi connectivity index (χ4n) is 7.39. The maximum absolute atomic E-state index is 14.0. The number of amides is 2. The number of carbonyl (C=O) groups excluding carboxylic acids is 3. The summed E-state index contributed by atoms with van der Waals surface area (Å²) in [5, 5.41) is 17.3. The average molecular weight is 809 g/mol. The molecule has 4 aromatic rings. The van der Waals surface area contributed by atoms with Crippen LogP contribution < -0.4 is 20.1 Å². The first-order chi connectivity index (χ1) is 28.4. The normalized spacial score (nSPS) is 18.0. The van der Waals surface area contributed by atoms with Gasteiger partial charge in [0, 0.05) is 44.1 Å². The Labute approximate surface area is 344 Å². The van der Waals surface area contributed by atoms with Crippen LogP contribution in [0.2, 0.25) is 0 Å². The number of anilines is 2. The van der Waals surface area contributed by atoms with E-state index in [1.54, 1.807) is 91.2 Å². The van der Waals surface area contributed by atoms with E-state index in [1.165, 1.54) is 0 Å². The van der Waals surface area contributed by atoms with Crippen LogP contribution in [0.5, 0.6) is 11.5 Å². The smallest absolute Gasteiger partial charge is 0.377 e. The molecule has 6 rings (SSSR count). The standard InChI is InChI=1S/C45H52N4O10/c1-6-48-38(46-36-16-12-10-14-34(36)40(48)50)28-55-32-22-18-30(19-23-32)26-44(5,57-8-3)43(54)59-45(42(52)53,58-9-4)27-31-20-24-33(25-21-31)56-29-39-47-37-17-13-11-15-35(37)41(51)49(39)7-2/h10-25,38-39,46-47H,6-9,26-29H2,1-5H3,(H,52,53). The van der Waals surface area contributed by atoms with Crippen molar-refractivity contribution in [3.63, 3.8) is 0 Å². The van der Waals surface area contributed by atoms with E-state index in [4.69, 9.17) is 23.7 Å². The number of carbonyl (C=O) groups is 4. The lowest BCUT2D eigenvalue weighted by atomic mass is 9.95. The van der Waals surface area contributed by atoms with Crippen molar-refractivity contribution in [2.45, 2.75) is 71.2 Å². The van der Waals surface area contributed by atoms with Gasteiger partial charge in [-0.3, -0.25) is 9.59 Å². The summed E-state index contributed by atoms with van der Waals surface area (Å²) in [4.78, 5) is 56.4. The summed E-state index contributed by atoms with van der Waals surface area (Å²) in [7, 11) is 0. The van der Waals surface area contributed by atoms with Crippen LogP contribution in [0.3, 0.4) is 0 Å². The van der Waals surface area contributed by atoms with Gasteiger partial charge < -0.3 is 49.2 Å². The molecule has 0 saturated heterocycles. The highest BCUT2D eigenvalue weighted by molar-refractivity contribution is 6.02. The van der Waals surface area contributed by atoms with Gasteiger partial charge in [-0.15, -0.1) is 0 Å². The summed E-state index contributed by atoms with van der Waals surface area (Å²) in [6, 6.07) is 28.6. The van der Waals surface area contributed by atoms with E-state index < -0.39 is 29.5 Å². The van der Waals surface area contributed by atoms with E-state index in [2.05, 4.69) is 10.6 Å². The van der Waals surface area contributed by atoms with Gasteiger partial charge in [0.1, 0.15) is 37.0 Å². The van der Waals surface area contributed by atoms with E-state index in [-0.39, 0.29) is 57.2 Å². The van der Waals surface area contributed by atoms with Gasteiger partial charge in [0.05, 0.1) is 17.5 Å². The first kappa shape index (κ1) is 42.5. The minimum atomic E-state index is -2.35. The molecule has 4 aromatic carbocycles. The summed E-state index contributed by atoms with van der Waals surface area (Å²) in [6.45, 7) is 10.2. The van der Waals surface area contributed by atoms with Crippen LogP contribution in [0.15, 0.2) is 97.1 Å². The molecule has 3 N–H and O–H groups in total. The average Bonchev–Trinajstić information content (AvgIpc) is 3.23. The molecule has 14 nitrogen and oxygen atoms in total. The first-order valence-corrected chi connectivity index (χ1v) is 19.9. The highest BCUT2D eigenvalue weighted by Gasteiger charge is 2.49. The summed E-state index contributed by atoms with van der Waals surface area (Å²) in [5.74, 6) is -3.81. The van der Waals surface area contributed by atoms with Gasteiger partial charge >= 0.3 is 17.7 Å². The number of hydrogen-bond donors (Lipinski definition) is 3. The Hall–Kier alpha value is -6.12. The third kappa shape index (κ3) is 9.45. The van der Waals surface area contributed by atoms with Crippen molar-refractivity contribution in [2.24, 2.45) is 0 Å². The number of benzene rings is 4. The highest BCUT2D eigenvalue weighted by atomic mass is 16.7. The maximum atomic E-state index is 14.0. The minimum Gasteiger partial charge on any atom is -0.489 e. The molecular weight excluding hydrogens is 757 g/mol. The van der Waals surface area contributed by atoms with Crippen LogP contribution in [-0.4, -0.2) is 102 Å². The van der Waals surface area contributed by atoms with Gasteiger partial charge in [-0.1, -0.05) is 48.5 Å². The van der Waals surface area contributed by atoms with Crippen molar-refractivity contribution < 1.29 is 48.0 Å². The molecule has 0 bridgehead atoms. The lowest BCUT2D eigenvalue weighted by Gasteiger charge is -2.37. The van der Waals surface area contributed by atoms with Gasteiger partial charge in [0.15, 0.2) is 5.60 Å². The van der Waals surface area contributed by atoms with E-state index in [0.29, 0.717) is 46.8 Å². The zero-order chi connectivity index (χ0) is 42.2. The molecule has 2 aliphatic heterocycles. The predicted molar refractivity (Wildman–Crippen MR) is 221 cm³/mol. The van der Waals surface area contributed by atoms with Crippen LogP contribution in [0, 0.1) is 0 Å². The van der Waals surface area contributed by atoms with Gasteiger partial charge in [0.25, 0.3) is 11.8 Å². The summed E-state index contributed by atoms with van der Waals surface area (Å²) in [6.07, 6.45) is -0.992. The van der Waals surface area contributed by atoms with Crippen LogP contribution in [0.1, 0.15) is 66.5 Å². The van der Waals surface area contributed by atoms with Crippen molar-refractivity contribution in [2.75, 3.05) is 50.2 Å². The zero-order valence-electron chi connectivity index (χ0n) is 34.1. The predicted octanol–water partition coefficient (Wildman–Crippen LogP) is 6.21. The summed E-state index contributed by atoms with van der Waals surface area (Å²) < 4.78 is 29.6. The number of esters is 1. The molecule has 14 heteroatoms. The number of fused-ring (bicyclic) bond motifs is 2. The lowest BCUT2D eigenvalue weighted by Crippen LogP contribution is -2.53. The summed E-state index contributed by atoms with van der Waals surface area (Å²) in [5.41, 5.74) is 2.38. The van der Waals surface area contributed by atoms with Gasteiger partial charge in [0.2, 0.25) is 0 Å². The van der Waals surface area contributed by atoms with Crippen molar-refractivity contribution >= 4 is 35.1 Å². The van der Waals surface area contributed by atoms with Crippen molar-refractivity contribution in [3.8, 4) is 11.5 Å². The third-order valence-electron chi connectivity index (χ3n) is 10.4. The molecule has 0 saturated carbocycles. The van der Waals surface area contributed by atoms with E-state index in [1.807, 2.05) is 50.2 Å².